The third-order valence-corrected chi connectivity index (χ3v) is 4.42. The van der Waals surface area contributed by atoms with Gasteiger partial charge in [-0.15, -0.1) is 11.3 Å². The van der Waals surface area contributed by atoms with Gasteiger partial charge in [-0.05, 0) is 28.6 Å². The molecule has 0 unspecified atom stereocenters. The van der Waals surface area contributed by atoms with E-state index < -0.39 is 5.97 Å². The van der Waals surface area contributed by atoms with Gasteiger partial charge in [0, 0.05) is 11.1 Å². The van der Waals surface area contributed by atoms with Crippen LogP contribution in [-0.4, -0.2) is 11.1 Å². The Morgan fingerprint density at radius 1 is 1.10 bits per heavy atom. The Kier molecular flexibility index (Phi) is 3.24. The number of carbonyl (C=O) groups is 1. The van der Waals surface area contributed by atoms with Gasteiger partial charge in [0.15, 0.2) is 0 Å². The molecule has 0 fully saturated rings. The fourth-order valence-corrected chi connectivity index (χ4v) is 3.34. The summed E-state index contributed by atoms with van der Waals surface area (Å²) in [6.45, 7) is 0. The molecule has 0 bridgehead atoms. The van der Waals surface area contributed by atoms with Crippen molar-refractivity contribution in [3.8, 4) is 0 Å². The minimum absolute atomic E-state index is 0.287. The number of carboxylic acid groups (broad SMARTS) is 1. The van der Waals surface area contributed by atoms with E-state index in [2.05, 4.69) is 0 Å². The minimum atomic E-state index is -0.961. The largest absolute Gasteiger partial charge is 0.477 e. The lowest BCUT2D eigenvalue weighted by molar-refractivity contribution is 0.0701. The van der Waals surface area contributed by atoms with E-state index in [4.69, 9.17) is 0 Å². The van der Waals surface area contributed by atoms with E-state index >= 15 is 0 Å². The molecule has 0 atom stereocenters. The van der Waals surface area contributed by atoms with Crippen molar-refractivity contribution in [3.05, 3.63) is 70.4 Å². The average molecular weight is 286 g/mol. The first kappa shape index (κ1) is 12.8. The van der Waals surface area contributed by atoms with Crippen LogP contribution in [0.15, 0.2) is 48.5 Å². The van der Waals surface area contributed by atoms with E-state index in [1.54, 1.807) is 18.2 Å². The molecule has 1 aromatic heterocycles. The van der Waals surface area contributed by atoms with E-state index in [1.807, 2.05) is 24.3 Å². The monoisotopic (exact) mass is 286 g/mol. The Labute approximate surface area is 119 Å². The van der Waals surface area contributed by atoms with Crippen LogP contribution >= 0.6 is 11.3 Å². The smallest absolute Gasteiger partial charge is 0.346 e. The molecule has 0 saturated heterocycles. The van der Waals surface area contributed by atoms with Gasteiger partial charge in [-0.1, -0.05) is 36.4 Å². The number of aromatic carboxylic acids is 1. The third-order valence-electron chi connectivity index (χ3n) is 3.22. The second-order valence-electron chi connectivity index (χ2n) is 4.48. The lowest BCUT2D eigenvalue weighted by Gasteiger charge is -2.04. The molecule has 20 heavy (non-hydrogen) atoms. The number of hydrogen-bond donors (Lipinski definition) is 1. The number of carboxylic acids is 1. The highest BCUT2D eigenvalue weighted by atomic mass is 32.1. The highest BCUT2D eigenvalue weighted by molar-refractivity contribution is 7.21. The van der Waals surface area contributed by atoms with Crippen LogP contribution in [0.4, 0.5) is 4.39 Å². The van der Waals surface area contributed by atoms with Crippen LogP contribution in [0, 0.1) is 5.82 Å². The fourth-order valence-electron chi connectivity index (χ4n) is 2.28. The summed E-state index contributed by atoms with van der Waals surface area (Å²) in [6.07, 6.45) is 0.290. The first-order valence-electron chi connectivity index (χ1n) is 6.14. The lowest BCUT2D eigenvalue weighted by Crippen LogP contribution is -2.00. The van der Waals surface area contributed by atoms with Gasteiger partial charge in [-0.25, -0.2) is 9.18 Å². The van der Waals surface area contributed by atoms with Crippen molar-refractivity contribution < 1.29 is 14.3 Å². The predicted octanol–water partition coefficient (Wildman–Crippen LogP) is 4.33. The summed E-state index contributed by atoms with van der Waals surface area (Å²) >= 11 is 1.24. The van der Waals surface area contributed by atoms with Crippen molar-refractivity contribution in [1.29, 1.82) is 0 Å². The van der Waals surface area contributed by atoms with Gasteiger partial charge >= 0.3 is 5.97 Å². The highest BCUT2D eigenvalue weighted by Crippen LogP contribution is 2.33. The number of hydrogen-bond acceptors (Lipinski definition) is 2. The van der Waals surface area contributed by atoms with Crippen LogP contribution < -0.4 is 0 Å². The van der Waals surface area contributed by atoms with Gasteiger partial charge in [-0.2, -0.15) is 0 Å². The molecule has 0 spiro atoms. The maximum Gasteiger partial charge on any atom is 0.346 e. The number of halogens is 1. The van der Waals surface area contributed by atoms with E-state index in [-0.39, 0.29) is 10.7 Å². The Morgan fingerprint density at radius 2 is 1.80 bits per heavy atom. The number of rotatable bonds is 3. The normalized spacial score (nSPS) is 10.8. The highest BCUT2D eigenvalue weighted by Gasteiger charge is 2.18. The summed E-state index contributed by atoms with van der Waals surface area (Å²) in [7, 11) is 0. The summed E-state index contributed by atoms with van der Waals surface area (Å²) in [5.41, 5.74) is 1.20. The second-order valence-corrected chi connectivity index (χ2v) is 5.53. The van der Waals surface area contributed by atoms with Crippen LogP contribution in [0.3, 0.4) is 0 Å². The molecule has 0 aliphatic heterocycles. The molecule has 2 aromatic carbocycles. The van der Waals surface area contributed by atoms with Crippen LogP contribution in [0.1, 0.15) is 20.8 Å². The zero-order valence-electron chi connectivity index (χ0n) is 10.5. The van der Waals surface area contributed by atoms with E-state index in [9.17, 15) is 14.3 Å². The molecule has 3 rings (SSSR count). The predicted molar refractivity (Wildman–Crippen MR) is 78.0 cm³/mol. The standard InChI is InChI=1S/C16H11FO2S/c17-13-7-3-1-5-10(13)9-12-11-6-2-4-8-14(11)20-15(12)16(18)19/h1-8H,9H2,(H,18,19). The molecule has 1 heterocycles. The zero-order chi connectivity index (χ0) is 14.1. The molecule has 1 N–H and O–H groups in total. The molecular formula is C16H11FO2S. The van der Waals surface area contributed by atoms with Gasteiger partial charge in [0.25, 0.3) is 0 Å². The Bertz CT molecular complexity index is 792. The first-order valence-corrected chi connectivity index (χ1v) is 6.95. The number of fused-ring (bicyclic) bond motifs is 1. The van der Waals surface area contributed by atoms with Crippen LogP contribution in [0.5, 0.6) is 0 Å². The van der Waals surface area contributed by atoms with Crippen molar-refractivity contribution in [2.75, 3.05) is 0 Å². The Hall–Kier alpha value is -2.20. The molecule has 2 nitrogen and oxygen atoms in total. The molecule has 0 aliphatic carbocycles. The fraction of sp³-hybridized carbons (Fsp3) is 0.0625. The summed E-state index contributed by atoms with van der Waals surface area (Å²) in [5.74, 6) is -1.27. The van der Waals surface area contributed by atoms with Crippen LogP contribution in [0.2, 0.25) is 0 Å². The SMILES string of the molecule is O=C(O)c1sc2ccccc2c1Cc1ccccc1F. The Balaban J connectivity index is 2.17. The molecule has 100 valence electrons. The molecule has 3 aromatic rings. The van der Waals surface area contributed by atoms with Gasteiger partial charge in [-0.3, -0.25) is 0 Å². The van der Waals surface area contributed by atoms with Gasteiger partial charge in [0.2, 0.25) is 0 Å². The summed E-state index contributed by atoms with van der Waals surface area (Å²) in [6, 6.07) is 14.0. The van der Waals surface area contributed by atoms with Crippen molar-refractivity contribution in [2.24, 2.45) is 0 Å². The Morgan fingerprint density at radius 3 is 2.55 bits per heavy atom. The van der Waals surface area contributed by atoms with Crippen molar-refractivity contribution in [3.63, 3.8) is 0 Å². The summed E-state index contributed by atoms with van der Waals surface area (Å²) < 4.78 is 14.7. The molecule has 0 amide bonds. The third kappa shape index (κ3) is 2.18. The quantitative estimate of drug-likeness (QED) is 0.778. The second kappa shape index (κ2) is 5.06. The molecule has 0 radical (unpaired) electrons. The van der Waals surface area contributed by atoms with Gasteiger partial charge in [0.1, 0.15) is 10.7 Å². The topological polar surface area (TPSA) is 37.3 Å². The number of thiophene rings is 1. The number of benzene rings is 2. The molecular weight excluding hydrogens is 275 g/mol. The molecule has 0 aliphatic rings. The van der Waals surface area contributed by atoms with Gasteiger partial charge in [0.05, 0.1) is 0 Å². The maximum atomic E-state index is 13.8. The van der Waals surface area contributed by atoms with Crippen molar-refractivity contribution >= 4 is 27.4 Å². The van der Waals surface area contributed by atoms with Crippen molar-refractivity contribution in [1.82, 2.24) is 0 Å². The van der Waals surface area contributed by atoms with Crippen molar-refractivity contribution in [2.45, 2.75) is 6.42 Å². The van der Waals surface area contributed by atoms with Crippen LogP contribution in [0.25, 0.3) is 10.1 Å². The minimum Gasteiger partial charge on any atom is -0.477 e. The zero-order valence-corrected chi connectivity index (χ0v) is 11.3. The maximum absolute atomic E-state index is 13.8. The summed E-state index contributed by atoms with van der Waals surface area (Å²) in [4.78, 5) is 11.7. The van der Waals surface area contributed by atoms with Crippen LogP contribution in [-0.2, 0) is 6.42 Å². The van der Waals surface area contributed by atoms with E-state index in [0.29, 0.717) is 17.5 Å². The molecule has 4 heteroatoms. The summed E-state index contributed by atoms with van der Waals surface area (Å²) in [5, 5.41) is 10.2. The average Bonchev–Trinajstić information content (AvgIpc) is 2.81. The lowest BCUT2D eigenvalue weighted by atomic mass is 10.0. The molecule has 0 saturated carbocycles. The first-order chi connectivity index (χ1) is 9.66. The van der Waals surface area contributed by atoms with E-state index in [0.717, 1.165) is 10.1 Å². The van der Waals surface area contributed by atoms with Gasteiger partial charge < -0.3 is 5.11 Å². The van der Waals surface area contributed by atoms with E-state index in [1.165, 1.54) is 17.4 Å².